The van der Waals surface area contributed by atoms with E-state index < -0.39 is 11.6 Å². The molecule has 0 atom stereocenters. The summed E-state index contributed by atoms with van der Waals surface area (Å²) in [6.07, 6.45) is 8.47. The summed E-state index contributed by atoms with van der Waals surface area (Å²) in [6.45, 7) is 0. The number of carbonyl (C=O) groups is 1. The summed E-state index contributed by atoms with van der Waals surface area (Å²) in [4.78, 5) is 12.1. The summed E-state index contributed by atoms with van der Waals surface area (Å²) in [5.41, 5.74) is 1.39. The van der Waals surface area contributed by atoms with Crippen molar-refractivity contribution < 1.29 is 13.6 Å². The molecule has 1 aromatic rings. The molecule has 0 fully saturated rings. The molecular formula is C16H18F2O. The van der Waals surface area contributed by atoms with Crippen molar-refractivity contribution in [3.8, 4) is 0 Å². The molecule has 0 saturated carbocycles. The van der Waals surface area contributed by atoms with E-state index >= 15 is 0 Å². The molecule has 0 unspecified atom stereocenters. The Balaban J connectivity index is 2.04. The van der Waals surface area contributed by atoms with Crippen LogP contribution in [0.1, 0.15) is 44.1 Å². The van der Waals surface area contributed by atoms with E-state index in [0.29, 0.717) is 5.56 Å². The number of hydrogen-bond acceptors (Lipinski definition) is 1. The Kier molecular flexibility index (Phi) is 4.83. The Morgan fingerprint density at radius 2 is 1.84 bits per heavy atom. The normalized spacial score (nSPS) is 19.2. The third-order valence-electron chi connectivity index (χ3n) is 3.50. The predicted molar refractivity (Wildman–Crippen MR) is 70.9 cm³/mol. The van der Waals surface area contributed by atoms with E-state index in [1.165, 1.54) is 12.5 Å². The number of carbonyl (C=O) groups excluding carboxylic acids is 1. The summed E-state index contributed by atoms with van der Waals surface area (Å²) in [5, 5.41) is 0. The summed E-state index contributed by atoms with van der Waals surface area (Å²) >= 11 is 0. The van der Waals surface area contributed by atoms with Gasteiger partial charge in [0.25, 0.3) is 0 Å². The molecule has 0 N–H and O–H groups in total. The highest BCUT2D eigenvalue weighted by Crippen LogP contribution is 2.19. The van der Waals surface area contributed by atoms with E-state index in [9.17, 15) is 13.6 Å². The van der Waals surface area contributed by atoms with Crippen molar-refractivity contribution in [2.45, 2.75) is 44.9 Å². The standard InChI is InChI=1S/C16H18F2O/c17-14-9-8-12(10-15(14)18)11-16(19)13-6-4-2-1-3-5-7-13/h6,8-10H,1-5,7,11H2/b13-6+. The van der Waals surface area contributed by atoms with Crippen LogP contribution in [0, 0.1) is 11.6 Å². The fraction of sp³-hybridized carbons (Fsp3) is 0.438. The first-order valence-electron chi connectivity index (χ1n) is 6.83. The van der Waals surface area contributed by atoms with Gasteiger partial charge in [0.2, 0.25) is 0 Å². The number of halogens is 2. The second-order valence-corrected chi connectivity index (χ2v) is 5.03. The molecule has 1 aliphatic carbocycles. The summed E-state index contributed by atoms with van der Waals surface area (Å²) in [7, 11) is 0. The molecular weight excluding hydrogens is 246 g/mol. The van der Waals surface area contributed by atoms with E-state index in [4.69, 9.17) is 0 Å². The molecule has 0 spiro atoms. The number of rotatable bonds is 3. The molecule has 0 amide bonds. The minimum absolute atomic E-state index is 0.0351. The van der Waals surface area contributed by atoms with Gasteiger partial charge >= 0.3 is 0 Å². The van der Waals surface area contributed by atoms with Crippen molar-refractivity contribution in [3.63, 3.8) is 0 Å². The fourth-order valence-corrected chi connectivity index (χ4v) is 2.39. The number of Topliss-reactive ketones (excluding diaryl/α,β-unsaturated/α-hetero) is 1. The molecule has 0 aromatic heterocycles. The summed E-state index contributed by atoms with van der Waals surface area (Å²) in [5.74, 6) is -1.73. The van der Waals surface area contributed by atoms with Gasteiger partial charge in [0.1, 0.15) is 0 Å². The summed E-state index contributed by atoms with van der Waals surface area (Å²) < 4.78 is 25.9. The average molecular weight is 264 g/mol. The van der Waals surface area contributed by atoms with Crippen LogP contribution in [0.4, 0.5) is 8.78 Å². The van der Waals surface area contributed by atoms with E-state index in [1.807, 2.05) is 6.08 Å². The molecule has 0 bridgehead atoms. The SMILES string of the molecule is O=C(Cc1ccc(F)c(F)c1)/C1=C/CCCCCC1. The van der Waals surface area contributed by atoms with Crippen molar-refractivity contribution in [1.29, 1.82) is 0 Å². The third-order valence-corrected chi connectivity index (χ3v) is 3.50. The van der Waals surface area contributed by atoms with Gasteiger partial charge in [-0.15, -0.1) is 0 Å². The predicted octanol–water partition coefficient (Wildman–Crippen LogP) is 4.36. The topological polar surface area (TPSA) is 17.1 Å². The smallest absolute Gasteiger partial charge is 0.162 e. The molecule has 102 valence electrons. The molecule has 0 radical (unpaired) electrons. The van der Waals surface area contributed by atoms with E-state index in [1.54, 1.807) is 0 Å². The van der Waals surface area contributed by atoms with Crippen LogP contribution in [0.3, 0.4) is 0 Å². The molecule has 1 aromatic carbocycles. The van der Waals surface area contributed by atoms with Crippen LogP contribution in [0.2, 0.25) is 0 Å². The van der Waals surface area contributed by atoms with Crippen LogP contribution in [0.15, 0.2) is 29.8 Å². The van der Waals surface area contributed by atoms with Crippen LogP contribution >= 0.6 is 0 Å². The van der Waals surface area contributed by atoms with Gasteiger partial charge in [-0.05, 0) is 49.0 Å². The van der Waals surface area contributed by atoms with Crippen molar-refractivity contribution in [3.05, 3.63) is 47.0 Å². The maximum atomic E-state index is 13.1. The summed E-state index contributed by atoms with van der Waals surface area (Å²) in [6, 6.07) is 3.65. The molecule has 2 rings (SSSR count). The highest BCUT2D eigenvalue weighted by molar-refractivity contribution is 5.96. The Morgan fingerprint density at radius 3 is 2.63 bits per heavy atom. The van der Waals surface area contributed by atoms with E-state index in [0.717, 1.165) is 49.8 Å². The molecule has 1 nitrogen and oxygen atoms in total. The minimum atomic E-state index is -0.892. The van der Waals surface area contributed by atoms with Crippen LogP contribution < -0.4 is 0 Å². The Morgan fingerprint density at radius 1 is 1.05 bits per heavy atom. The maximum absolute atomic E-state index is 13.1. The van der Waals surface area contributed by atoms with Crippen molar-refractivity contribution >= 4 is 5.78 Å². The molecule has 0 aliphatic heterocycles. The van der Waals surface area contributed by atoms with Gasteiger partial charge in [-0.3, -0.25) is 4.79 Å². The van der Waals surface area contributed by atoms with Crippen LogP contribution in [0.25, 0.3) is 0 Å². The lowest BCUT2D eigenvalue weighted by Gasteiger charge is -2.10. The minimum Gasteiger partial charge on any atom is -0.294 e. The van der Waals surface area contributed by atoms with Crippen LogP contribution in [-0.4, -0.2) is 5.78 Å². The van der Waals surface area contributed by atoms with Crippen LogP contribution in [0.5, 0.6) is 0 Å². The van der Waals surface area contributed by atoms with Gasteiger partial charge in [0.15, 0.2) is 17.4 Å². The first-order chi connectivity index (χ1) is 9.16. The first-order valence-corrected chi connectivity index (χ1v) is 6.83. The quantitative estimate of drug-likeness (QED) is 0.793. The first kappa shape index (κ1) is 13.9. The Hall–Kier alpha value is -1.51. The van der Waals surface area contributed by atoms with Crippen molar-refractivity contribution in [1.82, 2.24) is 0 Å². The van der Waals surface area contributed by atoms with Crippen molar-refractivity contribution in [2.75, 3.05) is 0 Å². The lowest BCUT2D eigenvalue weighted by Crippen LogP contribution is -2.08. The number of benzene rings is 1. The van der Waals surface area contributed by atoms with Gasteiger partial charge in [0.05, 0.1) is 0 Å². The zero-order valence-electron chi connectivity index (χ0n) is 10.9. The van der Waals surface area contributed by atoms with E-state index in [2.05, 4.69) is 0 Å². The molecule has 0 heterocycles. The molecule has 19 heavy (non-hydrogen) atoms. The zero-order valence-corrected chi connectivity index (χ0v) is 10.9. The van der Waals surface area contributed by atoms with Gasteiger partial charge in [0, 0.05) is 6.42 Å². The lowest BCUT2D eigenvalue weighted by atomic mass is 9.94. The highest BCUT2D eigenvalue weighted by Gasteiger charge is 2.13. The maximum Gasteiger partial charge on any atom is 0.162 e. The molecule has 0 saturated heterocycles. The number of ketones is 1. The monoisotopic (exact) mass is 264 g/mol. The fourth-order valence-electron chi connectivity index (χ4n) is 2.39. The zero-order chi connectivity index (χ0) is 13.7. The number of hydrogen-bond donors (Lipinski definition) is 0. The van der Waals surface area contributed by atoms with Gasteiger partial charge in [-0.25, -0.2) is 8.78 Å². The van der Waals surface area contributed by atoms with Gasteiger partial charge in [-0.1, -0.05) is 25.0 Å². The Bertz CT molecular complexity index is 492. The largest absolute Gasteiger partial charge is 0.294 e. The van der Waals surface area contributed by atoms with Gasteiger partial charge < -0.3 is 0 Å². The second kappa shape index (κ2) is 6.60. The average Bonchev–Trinajstić information content (AvgIpc) is 2.33. The number of allylic oxidation sites excluding steroid dienone is 2. The van der Waals surface area contributed by atoms with Crippen molar-refractivity contribution in [2.24, 2.45) is 0 Å². The molecule has 1 aliphatic rings. The Labute approximate surface area is 112 Å². The third kappa shape index (κ3) is 3.98. The highest BCUT2D eigenvalue weighted by atomic mass is 19.2. The van der Waals surface area contributed by atoms with Crippen LogP contribution in [-0.2, 0) is 11.2 Å². The molecule has 3 heteroatoms. The van der Waals surface area contributed by atoms with E-state index in [-0.39, 0.29) is 12.2 Å². The second-order valence-electron chi connectivity index (χ2n) is 5.03. The van der Waals surface area contributed by atoms with Gasteiger partial charge in [-0.2, -0.15) is 0 Å². The lowest BCUT2D eigenvalue weighted by molar-refractivity contribution is -0.115.